The van der Waals surface area contributed by atoms with Crippen LogP contribution in [0, 0.1) is 10.1 Å². The summed E-state index contributed by atoms with van der Waals surface area (Å²) in [5.74, 6) is -0.622. The number of nitro groups is 1. The van der Waals surface area contributed by atoms with E-state index in [4.69, 9.17) is 9.47 Å². The number of nitrogens with one attached hydrogen (secondary N) is 1. The second-order valence-electron chi connectivity index (χ2n) is 7.43. The van der Waals surface area contributed by atoms with Gasteiger partial charge in [0.05, 0.1) is 17.1 Å². The van der Waals surface area contributed by atoms with Crippen LogP contribution in [0.3, 0.4) is 0 Å². The van der Waals surface area contributed by atoms with Crippen molar-refractivity contribution in [1.29, 1.82) is 0 Å². The summed E-state index contributed by atoms with van der Waals surface area (Å²) in [6.45, 7) is 7.37. The summed E-state index contributed by atoms with van der Waals surface area (Å²) in [4.78, 5) is 23.1. The molecule has 7 nitrogen and oxygen atoms in total. The Morgan fingerprint density at radius 2 is 1.82 bits per heavy atom. The fraction of sp³-hybridized carbons (Fsp3) is 0.381. The first-order chi connectivity index (χ1) is 13.2. The van der Waals surface area contributed by atoms with E-state index in [1.54, 1.807) is 7.11 Å². The Bertz CT molecular complexity index is 826. The molecule has 0 spiro atoms. The normalized spacial score (nSPS) is 11.1. The van der Waals surface area contributed by atoms with Crippen molar-refractivity contribution in [2.45, 2.75) is 32.8 Å². The van der Waals surface area contributed by atoms with Crippen LogP contribution in [0.25, 0.3) is 0 Å². The van der Waals surface area contributed by atoms with Gasteiger partial charge in [0.25, 0.3) is 5.69 Å². The van der Waals surface area contributed by atoms with E-state index < -0.39 is 10.9 Å². The zero-order chi connectivity index (χ0) is 20.7. The number of non-ortho nitro benzene ring substituents is 1. The van der Waals surface area contributed by atoms with Gasteiger partial charge in [-0.05, 0) is 22.6 Å². The maximum atomic E-state index is 12.6. The molecule has 0 fully saturated rings. The molecule has 2 aromatic rings. The molecule has 0 unspecified atom stereocenters. The number of rotatable bonds is 8. The van der Waals surface area contributed by atoms with Crippen LogP contribution in [0.2, 0.25) is 0 Å². The summed E-state index contributed by atoms with van der Waals surface area (Å²) in [6, 6.07) is 11.9. The summed E-state index contributed by atoms with van der Waals surface area (Å²) in [7, 11) is 1.57. The van der Waals surface area contributed by atoms with Crippen molar-refractivity contribution in [3.8, 4) is 0 Å². The molecular formula is C21H26N2O5. The molecule has 0 aromatic heterocycles. The first kappa shape index (κ1) is 21.4. The van der Waals surface area contributed by atoms with Crippen LogP contribution >= 0.6 is 0 Å². The number of nitrogens with zero attached hydrogens (tertiary/aromatic N) is 1. The van der Waals surface area contributed by atoms with Crippen molar-refractivity contribution < 1.29 is 19.2 Å². The van der Waals surface area contributed by atoms with Gasteiger partial charge in [-0.25, -0.2) is 4.79 Å². The highest BCUT2D eigenvalue weighted by Gasteiger charge is 2.18. The Balaban J connectivity index is 2.13. The molecule has 0 aliphatic carbocycles. The van der Waals surface area contributed by atoms with Crippen LogP contribution < -0.4 is 5.32 Å². The van der Waals surface area contributed by atoms with Crippen LogP contribution in [-0.4, -0.2) is 31.2 Å². The summed E-state index contributed by atoms with van der Waals surface area (Å²) >= 11 is 0. The Hall–Kier alpha value is -2.93. The maximum Gasteiger partial charge on any atom is 0.340 e. The van der Waals surface area contributed by atoms with Gasteiger partial charge in [0.1, 0.15) is 6.61 Å². The van der Waals surface area contributed by atoms with E-state index in [0.29, 0.717) is 18.8 Å². The third kappa shape index (κ3) is 5.79. The number of ether oxygens (including phenoxy) is 2. The fourth-order valence-corrected chi connectivity index (χ4v) is 2.58. The van der Waals surface area contributed by atoms with Crippen molar-refractivity contribution in [3.05, 3.63) is 69.3 Å². The Morgan fingerprint density at radius 3 is 2.39 bits per heavy atom. The Morgan fingerprint density at radius 1 is 1.14 bits per heavy atom. The first-order valence-corrected chi connectivity index (χ1v) is 9.00. The Kier molecular flexibility index (Phi) is 7.12. The summed E-state index contributed by atoms with van der Waals surface area (Å²) in [6.07, 6.45) is 0. The number of anilines is 1. The van der Waals surface area contributed by atoms with Crippen LogP contribution in [-0.2, 0) is 21.5 Å². The zero-order valence-corrected chi connectivity index (χ0v) is 16.7. The van der Waals surface area contributed by atoms with Crippen molar-refractivity contribution in [2.75, 3.05) is 25.6 Å². The maximum absolute atomic E-state index is 12.6. The average Bonchev–Trinajstić information content (AvgIpc) is 2.66. The van der Waals surface area contributed by atoms with Gasteiger partial charge in [-0.2, -0.15) is 0 Å². The number of carbonyl (C=O) groups excluding carboxylic acids is 1. The highest BCUT2D eigenvalue weighted by Crippen LogP contribution is 2.24. The molecule has 0 bridgehead atoms. The molecule has 0 atom stereocenters. The Labute approximate surface area is 164 Å². The van der Waals surface area contributed by atoms with Crippen molar-refractivity contribution in [2.24, 2.45) is 0 Å². The van der Waals surface area contributed by atoms with Crippen LogP contribution in [0.5, 0.6) is 0 Å². The van der Waals surface area contributed by atoms with Crippen LogP contribution in [0.1, 0.15) is 42.3 Å². The van der Waals surface area contributed by atoms with Crippen LogP contribution in [0.4, 0.5) is 11.4 Å². The van der Waals surface area contributed by atoms with E-state index in [0.717, 1.165) is 5.56 Å². The van der Waals surface area contributed by atoms with E-state index in [2.05, 4.69) is 26.1 Å². The van der Waals surface area contributed by atoms with Gasteiger partial charge in [0.2, 0.25) is 0 Å². The highest BCUT2D eigenvalue weighted by molar-refractivity contribution is 5.96. The molecule has 0 saturated carbocycles. The lowest BCUT2D eigenvalue weighted by molar-refractivity contribution is -0.384. The lowest BCUT2D eigenvalue weighted by Gasteiger charge is -2.19. The fourth-order valence-electron chi connectivity index (χ4n) is 2.58. The van der Waals surface area contributed by atoms with Crippen LogP contribution in [0.15, 0.2) is 42.5 Å². The number of methoxy groups -OCH3 is 1. The smallest absolute Gasteiger partial charge is 0.340 e. The monoisotopic (exact) mass is 386 g/mol. The number of hydrogen-bond donors (Lipinski definition) is 1. The topological polar surface area (TPSA) is 90.7 Å². The standard InChI is InChI=1S/C21H26N2O5/c1-21(2,3)16-7-5-15(6-8-16)14-28-20(24)18-13-17(23(25)26)9-10-19(18)22-11-12-27-4/h5-10,13,22H,11-12,14H2,1-4H3. The molecular weight excluding hydrogens is 360 g/mol. The zero-order valence-electron chi connectivity index (χ0n) is 16.7. The van der Waals surface area contributed by atoms with E-state index in [1.165, 1.54) is 23.8 Å². The van der Waals surface area contributed by atoms with E-state index in [1.807, 2.05) is 24.3 Å². The van der Waals surface area contributed by atoms with Crippen molar-refractivity contribution in [1.82, 2.24) is 0 Å². The van der Waals surface area contributed by atoms with Gasteiger partial charge in [-0.1, -0.05) is 45.0 Å². The van der Waals surface area contributed by atoms with E-state index in [-0.39, 0.29) is 23.3 Å². The quantitative estimate of drug-likeness (QED) is 0.315. The molecule has 0 aliphatic heterocycles. The first-order valence-electron chi connectivity index (χ1n) is 9.00. The predicted molar refractivity (Wildman–Crippen MR) is 108 cm³/mol. The number of hydrogen-bond acceptors (Lipinski definition) is 6. The third-order valence-corrected chi connectivity index (χ3v) is 4.25. The molecule has 2 aromatic carbocycles. The van der Waals surface area contributed by atoms with Gasteiger partial charge in [-0.15, -0.1) is 0 Å². The molecule has 1 N–H and O–H groups in total. The van der Waals surface area contributed by atoms with Crippen molar-refractivity contribution >= 4 is 17.3 Å². The molecule has 28 heavy (non-hydrogen) atoms. The average molecular weight is 386 g/mol. The van der Waals surface area contributed by atoms with Crippen molar-refractivity contribution in [3.63, 3.8) is 0 Å². The van der Waals surface area contributed by atoms with E-state index in [9.17, 15) is 14.9 Å². The molecule has 0 radical (unpaired) electrons. The molecule has 0 saturated heterocycles. The number of benzene rings is 2. The van der Waals surface area contributed by atoms with Gasteiger partial charge >= 0.3 is 5.97 Å². The van der Waals surface area contributed by atoms with E-state index >= 15 is 0 Å². The van der Waals surface area contributed by atoms with Gasteiger partial charge < -0.3 is 14.8 Å². The lowest BCUT2D eigenvalue weighted by atomic mass is 9.87. The van der Waals surface area contributed by atoms with Gasteiger partial charge in [-0.3, -0.25) is 10.1 Å². The molecule has 0 amide bonds. The molecule has 150 valence electrons. The minimum Gasteiger partial charge on any atom is -0.457 e. The largest absolute Gasteiger partial charge is 0.457 e. The number of carbonyl (C=O) groups is 1. The number of esters is 1. The summed E-state index contributed by atoms with van der Waals surface area (Å²) in [5, 5.41) is 14.1. The molecule has 2 rings (SSSR count). The second kappa shape index (κ2) is 9.32. The second-order valence-corrected chi connectivity index (χ2v) is 7.43. The molecule has 0 heterocycles. The molecule has 0 aliphatic rings. The van der Waals surface area contributed by atoms with Gasteiger partial charge in [0, 0.05) is 31.5 Å². The minimum atomic E-state index is -0.622. The molecule has 7 heteroatoms. The number of nitro benzene ring substituents is 1. The predicted octanol–water partition coefficient (Wildman–Crippen LogP) is 4.31. The SMILES string of the molecule is COCCNc1ccc([N+](=O)[O-])cc1C(=O)OCc1ccc(C(C)(C)C)cc1. The van der Waals surface area contributed by atoms with Gasteiger partial charge in [0.15, 0.2) is 0 Å². The highest BCUT2D eigenvalue weighted by atomic mass is 16.6. The summed E-state index contributed by atoms with van der Waals surface area (Å²) in [5.41, 5.74) is 2.50. The summed E-state index contributed by atoms with van der Waals surface area (Å²) < 4.78 is 10.4. The lowest BCUT2D eigenvalue weighted by Crippen LogP contribution is -2.14. The third-order valence-electron chi connectivity index (χ3n) is 4.25. The minimum absolute atomic E-state index is 0.0426.